The summed E-state index contributed by atoms with van der Waals surface area (Å²) in [5.41, 5.74) is 0.264. The van der Waals surface area contributed by atoms with Crippen LogP contribution in [0.2, 0.25) is 0 Å². The van der Waals surface area contributed by atoms with Gasteiger partial charge < -0.3 is 0 Å². The lowest BCUT2D eigenvalue weighted by Gasteiger charge is -2.48. The highest BCUT2D eigenvalue weighted by Crippen LogP contribution is 2.60. The first-order valence-corrected chi connectivity index (χ1v) is 14.5. The van der Waals surface area contributed by atoms with Crippen molar-refractivity contribution in [3.8, 4) is 0 Å². The fraction of sp³-hybridized carbons (Fsp3) is 0.394. The summed E-state index contributed by atoms with van der Waals surface area (Å²) >= 11 is 0. The molecule has 0 aromatic carbocycles. The Balaban J connectivity index is 0.000000235. The van der Waals surface area contributed by atoms with Crippen LogP contribution in [0.15, 0.2) is 96.5 Å². The van der Waals surface area contributed by atoms with Gasteiger partial charge in [0.25, 0.3) is 0 Å². The van der Waals surface area contributed by atoms with E-state index in [1.54, 1.807) is 0 Å². The van der Waals surface area contributed by atoms with E-state index in [1.165, 1.54) is 40.2 Å². The maximum Gasteiger partial charge on any atom is 0.336 e. The molecular formula is C33H39N5O7. The standard InChI is InChI=1S/C18H20N2O4.C12H15N3O3.C3H4/c1-3-7-19-15(21)11-9-5-6-10(12(11)16(19)22)14-13(9)17(23)20(8-4-2)18(14)24;1-4-7-13-10(16)14(8-5-2)12(18)15(9-6-3)11(13)17;1-3-2/h3-4,9-14H,1-2,5-8H2;4-6H,1-3,7-9H2;1-2H2. The fourth-order valence-corrected chi connectivity index (χ4v) is 7.06. The SMILES string of the molecule is C=C=C.C=CCN1C(=O)C2C3CCC(C2C1=O)C1C(=O)N(CC=C)C(=O)C31.C=CCn1c(=O)n(CC=C)c(=O)n(CC=C)c1=O. The summed E-state index contributed by atoms with van der Waals surface area (Å²) in [6.45, 7) is 24.4. The molecule has 0 spiro atoms. The lowest BCUT2D eigenvalue weighted by Crippen LogP contribution is -2.54. The molecule has 2 saturated heterocycles. The van der Waals surface area contributed by atoms with E-state index in [1.807, 2.05) is 0 Å². The minimum atomic E-state index is -0.662. The number of fused-ring (bicyclic) bond motifs is 1. The first-order valence-electron chi connectivity index (χ1n) is 14.5. The predicted octanol–water partition coefficient (Wildman–Crippen LogP) is 1.29. The number of hydrogen-bond acceptors (Lipinski definition) is 7. The van der Waals surface area contributed by atoms with Gasteiger partial charge >= 0.3 is 17.1 Å². The molecule has 238 valence electrons. The van der Waals surface area contributed by atoms with Crippen molar-refractivity contribution < 1.29 is 19.2 Å². The van der Waals surface area contributed by atoms with Crippen molar-refractivity contribution >= 4 is 23.6 Å². The van der Waals surface area contributed by atoms with E-state index in [9.17, 15) is 33.6 Å². The molecule has 4 amide bonds. The molecule has 12 nitrogen and oxygen atoms in total. The Bertz CT molecular complexity index is 1430. The van der Waals surface area contributed by atoms with E-state index >= 15 is 0 Å². The molecule has 1 aromatic heterocycles. The zero-order chi connectivity index (χ0) is 33.6. The number of allylic oxidation sites excluding steroid dienone is 3. The molecule has 3 saturated carbocycles. The van der Waals surface area contributed by atoms with Crippen LogP contribution in [0.3, 0.4) is 0 Å². The normalized spacial score (nSPS) is 25.6. The average molecular weight is 618 g/mol. The van der Waals surface area contributed by atoms with Crippen molar-refractivity contribution in [3.05, 3.63) is 114 Å². The van der Waals surface area contributed by atoms with Gasteiger partial charge in [-0.2, -0.15) is 0 Å². The molecule has 0 radical (unpaired) electrons. The highest BCUT2D eigenvalue weighted by molar-refractivity contribution is 6.10. The molecule has 3 heterocycles. The van der Waals surface area contributed by atoms with Gasteiger partial charge in [0.2, 0.25) is 23.6 Å². The number of rotatable bonds is 10. The minimum Gasteiger partial charge on any atom is -0.278 e. The second kappa shape index (κ2) is 14.6. The van der Waals surface area contributed by atoms with Crippen LogP contribution >= 0.6 is 0 Å². The van der Waals surface area contributed by atoms with Crippen molar-refractivity contribution in [1.82, 2.24) is 23.5 Å². The average Bonchev–Trinajstić information content (AvgIpc) is 3.44. The van der Waals surface area contributed by atoms with Gasteiger partial charge in [-0.1, -0.05) is 43.5 Å². The molecule has 4 atom stereocenters. The Morgan fingerprint density at radius 1 is 0.489 bits per heavy atom. The van der Waals surface area contributed by atoms with Crippen LogP contribution in [0, 0.1) is 35.5 Å². The van der Waals surface area contributed by atoms with Crippen molar-refractivity contribution in [2.75, 3.05) is 13.1 Å². The van der Waals surface area contributed by atoms with E-state index in [4.69, 9.17) is 0 Å². The minimum absolute atomic E-state index is 0.0478. The van der Waals surface area contributed by atoms with Crippen LogP contribution < -0.4 is 17.1 Å². The maximum absolute atomic E-state index is 12.7. The smallest absolute Gasteiger partial charge is 0.278 e. The van der Waals surface area contributed by atoms with E-state index in [0.717, 1.165) is 26.5 Å². The number of carbonyl (C=O) groups is 4. The highest BCUT2D eigenvalue weighted by Gasteiger charge is 2.69. The maximum atomic E-state index is 12.7. The van der Waals surface area contributed by atoms with E-state index in [-0.39, 0.29) is 68.2 Å². The summed E-state index contributed by atoms with van der Waals surface area (Å²) < 4.78 is 2.84. The van der Waals surface area contributed by atoms with Crippen LogP contribution in [-0.2, 0) is 38.8 Å². The molecule has 6 rings (SSSR count). The van der Waals surface area contributed by atoms with E-state index in [2.05, 4.69) is 51.8 Å². The summed E-state index contributed by atoms with van der Waals surface area (Å²) in [5, 5.41) is 0. The molecule has 0 N–H and O–H groups in total. The molecule has 3 aliphatic carbocycles. The second-order valence-corrected chi connectivity index (χ2v) is 11.0. The first kappa shape index (κ1) is 34.4. The van der Waals surface area contributed by atoms with Crippen molar-refractivity contribution in [2.24, 2.45) is 35.5 Å². The predicted molar refractivity (Wildman–Crippen MR) is 169 cm³/mol. The highest BCUT2D eigenvalue weighted by atomic mass is 16.2. The number of imide groups is 2. The van der Waals surface area contributed by atoms with Crippen molar-refractivity contribution in [3.63, 3.8) is 0 Å². The number of carbonyl (C=O) groups excluding carboxylic acids is 4. The second-order valence-electron chi connectivity index (χ2n) is 11.0. The van der Waals surface area contributed by atoms with Gasteiger partial charge in [-0.15, -0.1) is 38.6 Å². The Morgan fingerprint density at radius 2 is 0.711 bits per heavy atom. The molecule has 5 aliphatic rings. The Labute approximate surface area is 260 Å². The Morgan fingerprint density at radius 3 is 0.911 bits per heavy atom. The van der Waals surface area contributed by atoms with Gasteiger partial charge in [-0.25, -0.2) is 28.1 Å². The summed E-state index contributed by atoms with van der Waals surface area (Å²) in [7, 11) is 0. The lowest BCUT2D eigenvalue weighted by atomic mass is 9.51. The Kier molecular flexibility index (Phi) is 11.2. The van der Waals surface area contributed by atoms with Crippen LogP contribution in [-0.4, -0.2) is 60.2 Å². The summed E-state index contributed by atoms with van der Waals surface area (Å²) in [6, 6.07) is 0. The van der Waals surface area contributed by atoms with Crippen LogP contribution in [0.25, 0.3) is 0 Å². The third-order valence-electron chi connectivity index (χ3n) is 8.60. The molecule has 5 fully saturated rings. The molecular weight excluding hydrogens is 578 g/mol. The molecule has 2 bridgehead atoms. The van der Waals surface area contributed by atoms with Gasteiger partial charge in [-0.05, 0) is 24.7 Å². The molecule has 45 heavy (non-hydrogen) atoms. The summed E-state index contributed by atoms with van der Waals surface area (Å²) in [5.74, 6) is -2.97. The third kappa shape index (κ3) is 5.88. The molecule has 1 aromatic rings. The summed E-state index contributed by atoms with van der Waals surface area (Å²) in [6.07, 6.45) is 8.80. The largest absolute Gasteiger partial charge is 0.336 e. The topological polar surface area (TPSA) is 141 Å². The number of amides is 4. The third-order valence-corrected chi connectivity index (χ3v) is 8.60. The van der Waals surface area contributed by atoms with Crippen LogP contribution in [0.4, 0.5) is 0 Å². The van der Waals surface area contributed by atoms with Gasteiger partial charge in [0, 0.05) is 13.1 Å². The van der Waals surface area contributed by atoms with Gasteiger partial charge in [0.1, 0.15) is 0 Å². The van der Waals surface area contributed by atoms with E-state index in [0.29, 0.717) is 0 Å². The van der Waals surface area contributed by atoms with Gasteiger partial charge in [0.05, 0.1) is 43.3 Å². The lowest BCUT2D eigenvalue weighted by molar-refractivity contribution is -0.148. The monoisotopic (exact) mass is 617 g/mol. The zero-order valence-corrected chi connectivity index (χ0v) is 25.3. The van der Waals surface area contributed by atoms with E-state index < -0.39 is 40.7 Å². The van der Waals surface area contributed by atoms with Crippen molar-refractivity contribution in [1.29, 1.82) is 0 Å². The number of hydrogen-bond donors (Lipinski definition) is 0. The number of aromatic nitrogens is 3. The van der Waals surface area contributed by atoms with Gasteiger partial charge in [-0.3, -0.25) is 29.0 Å². The van der Waals surface area contributed by atoms with Gasteiger partial charge in [0.15, 0.2) is 0 Å². The zero-order valence-electron chi connectivity index (χ0n) is 25.3. The number of likely N-dealkylation sites (tertiary alicyclic amines) is 2. The quantitative estimate of drug-likeness (QED) is 0.219. The van der Waals surface area contributed by atoms with Crippen molar-refractivity contribution in [2.45, 2.75) is 32.5 Å². The molecule has 12 heteroatoms. The number of nitrogens with zero attached hydrogens (tertiary/aromatic N) is 5. The fourth-order valence-electron chi connectivity index (χ4n) is 7.06. The molecule has 4 unspecified atom stereocenters. The Hall–Kier alpha value is -5.09. The summed E-state index contributed by atoms with van der Waals surface area (Å²) in [4.78, 5) is 89.3. The van der Waals surface area contributed by atoms with Crippen LogP contribution in [0.1, 0.15) is 12.8 Å². The molecule has 2 aliphatic heterocycles. The van der Waals surface area contributed by atoms with Crippen LogP contribution in [0.5, 0.6) is 0 Å². The first-order chi connectivity index (χ1) is 21.5.